The third-order valence-corrected chi connectivity index (χ3v) is 5.10. The maximum absolute atomic E-state index is 14.6. The lowest BCUT2D eigenvalue weighted by atomic mass is 10.1. The summed E-state index contributed by atoms with van der Waals surface area (Å²) in [7, 11) is 1.94. The zero-order valence-corrected chi connectivity index (χ0v) is 17.6. The number of hydrogen-bond acceptors (Lipinski definition) is 4. The number of fused-ring (bicyclic) bond motifs is 1. The molecule has 3 rings (SSSR count). The summed E-state index contributed by atoms with van der Waals surface area (Å²) in [6, 6.07) is 9.56. The topological polar surface area (TPSA) is 53.0 Å². The zero-order chi connectivity index (χ0) is 21.5. The number of likely N-dealkylation sites (N-methyl/N-ethyl adjacent to an activating group) is 1. The molecule has 1 amide bonds. The van der Waals surface area contributed by atoms with E-state index in [0.717, 1.165) is 18.5 Å². The molecule has 30 heavy (non-hydrogen) atoms. The van der Waals surface area contributed by atoms with Crippen LogP contribution in [0, 0.1) is 17.7 Å². The Bertz CT molecular complexity index is 953. The number of benzene rings is 2. The van der Waals surface area contributed by atoms with Crippen molar-refractivity contribution < 1.29 is 19.0 Å². The van der Waals surface area contributed by atoms with E-state index in [-0.39, 0.29) is 6.61 Å². The van der Waals surface area contributed by atoms with E-state index in [1.807, 2.05) is 11.9 Å². The van der Waals surface area contributed by atoms with Gasteiger partial charge >= 0.3 is 6.09 Å². The standard InChI is InChI=1S/C23H24ClFN2O3/c1-26(13-14-28)11-4-2-3-5-17-15-18-10-12-27(22(18)16-21(17)25)23(29)30-20-8-6-19(24)7-9-20/h6-9,15-16,28H,2,4,10-14H2,1H3. The van der Waals surface area contributed by atoms with Crippen LogP contribution in [0.25, 0.3) is 0 Å². The summed E-state index contributed by atoms with van der Waals surface area (Å²) in [6.07, 6.45) is 1.55. The van der Waals surface area contributed by atoms with Gasteiger partial charge in [-0.3, -0.25) is 4.90 Å². The normalized spacial score (nSPS) is 12.5. The van der Waals surface area contributed by atoms with Crippen molar-refractivity contribution in [3.63, 3.8) is 0 Å². The van der Waals surface area contributed by atoms with Gasteiger partial charge in [-0.1, -0.05) is 23.4 Å². The molecule has 0 aliphatic carbocycles. The lowest BCUT2D eigenvalue weighted by molar-refractivity contribution is 0.208. The van der Waals surface area contributed by atoms with Crippen LogP contribution >= 0.6 is 11.6 Å². The van der Waals surface area contributed by atoms with Crippen molar-refractivity contribution in [2.75, 3.05) is 38.2 Å². The Kier molecular flexibility index (Phi) is 7.69. The number of carbonyl (C=O) groups is 1. The molecule has 5 nitrogen and oxygen atoms in total. The fourth-order valence-electron chi connectivity index (χ4n) is 3.23. The van der Waals surface area contributed by atoms with Gasteiger partial charge in [0.1, 0.15) is 11.6 Å². The number of anilines is 1. The Labute approximate surface area is 181 Å². The Morgan fingerprint density at radius 3 is 2.80 bits per heavy atom. The molecule has 0 radical (unpaired) electrons. The van der Waals surface area contributed by atoms with Gasteiger partial charge in [0.05, 0.1) is 17.9 Å². The van der Waals surface area contributed by atoms with Gasteiger partial charge in [0.2, 0.25) is 0 Å². The van der Waals surface area contributed by atoms with Crippen molar-refractivity contribution in [2.24, 2.45) is 0 Å². The molecule has 0 aromatic heterocycles. The van der Waals surface area contributed by atoms with Crippen LogP contribution in [0.3, 0.4) is 0 Å². The van der Waals surface area contributed by atoms with E-state index in [0.29, 0.717) is 48.0 Å². The molecule has 7 heteroatoms. The first kappa shape index (κ1) is 22.1. The number of rotatable bonds is 6. The number of aliphatic hydroxyl groups is 1. The number of carbonyl (C=O) groups excluding carboxylic acids is 1. The summed E-state index contributed by atoms with van der Waals surface area (Å²) < 4.78 is 19.9. The SMILES string of the molecule is CN(CCO)CCCC#Cc1cc2c(cc1F)N(C(=O)Oc1ccc(Cl)cc1)CC2. The lowest BCUT2D eigenvalue weighted by Gasteiger charge is -2.17. The molecule has 158 valence electrons. The van der Waals surface area contributed by atoms with E-state index in [1.165, 1.54) is 11.0 Å². The molecular formula is C23H24ClFN2O3. The third kappa shape index (κ3) is 5.73. The fourth-order valence-corrected chi connectivity index (χ4v) is 3.36. The number of ether oxygens (including phenoxy) is 1. The highest BCUT2D eigenvalue weighted by atomic mass is 35.5. The Morgan fingerprint density at radius 2 is 2.07 bits per heavy atom. The highest BCUT2D eigenvalue weighted by molar-refractivity contribution is 6.30. The van der Waals surface area contributed by atoms with Crippen molar-refractivity contribution >= 4 is 23.4 Å². The maximum atomic E-state index is 14.6. The molecule has 2 aromatic rings. The fraction of sp³-hybridized carbons (Fsp3) is 0.348. The first-order valence-corrected chi connectivity index (χ1v) is 10.2. The summed E-state index contributed by atoms with van der Waals surface area (Å²) >= 11 is 5.84. The van der Waals surface area contributed by atoms with Crippen molar-refractivity contribution in [3.05, 3.63) is 58.4 Å². The predicted molar refractivity (Wildman–Crippen MR) is 116 cm³/mol. The molecule has 1 heterocycles. The molecular weight excluding hydrogens is 407 g/mol. The maximum Gasteiger partial charge on any atom is 0.419 e. The Hall–Kier alpha value is -2.59. The van der Waals surface area contributed by atoms with Crippen LogP contribution in [-0.4, -0.2) is 49.4 Å². The zero-order valence-electron chi connectivity index (χ0n) is 16.8. The van der Waals surface area contributed by atoms with Gasteiger partial charge in [0.15, 0.2) is 0 Å². The van der Waals surface area contributed by atoms with Crippen LogP contribution in [-0.2, 0) is 6.42 Å². The Balaban J connectivity index is 1.63. The van der Waals surface area contributed by atoms with Gasteiger partial charge in [-0.05, 0) is 68.4 Å². The molecule has 1 N–H and O–H groups in total. The van der Waals surface area contributed by atoms with Gasteiger partial charge in [-0.25, -0.2) is 9.18 Å². The lowest BCUT2D eigenvalue weighted by Crippen LogP contribution is -2.31. The van der Waals surface area contributed by atoms with E-state index in [1.54, 1.807) is 30.3 Å². The molecule has 0 unspecified atom stereocenters. The number of hydrogen-bond donors (Lipinski definition) is 1. The molecule has 1 aliphatic rings. The molecule has 0 saturated carbocycles. The number of amides is 1. The smallest absolute Gasteiger partial charge is 0.410 e. The van der Waals surface area contributed by atoms with Gasteiger partial charge in [-0.15, -0.1) is 0 Å². The third-order valence-electron chi connectivity index (χ3n) is 4.85. The molecule has 0 saturated heterocycles. The molecule has 0 spiro atoms. The van der Waals surface area contributed by atoms with Crippen LogP contribution in [0.1, 0.15) is 24.0 Å². The summed E-state index contributed by atoms with van der Waals surface area (Å²) in [5, 5.41) is 9.43. The van der Waals surface area contributed by atoms with E-state index in [4.69, 9.17) is 21.4 Å². The summed E-state index contributed by atoms with van der Waals surface area (Å²) in [4.78, 5) is 16.0. The molecule has 0 bridgehead atoms. The monoisotopic (exact) mass is 430 g/mol. The van der Waals surface area contributed by atoms with Crippen LogP contribution in [0.2, 0.25) is 5.02 Å². The average Bonchev–Trinajstić information content (AvgIpc) is 3.12. The van der Waals surface area contributed by atoms with Gasteiger partial charge in [0, 0.05) is 24.5 Å². The summed E-state index contributed by atoms with van der Waals surface area (Å²) in [5.41, 5.74) is 1.73. The second kappa shape index (κ2) is 10.4. The van der Waals surface area contributed by atoms with Crippen LogP contribution in [0.5, 0.6) is 5.75 Å². The first-order chi connectivity index (χ1) is 14.5. The van der Waals surface area contributed by atoms with Gasteiger partial charge < -0.3 is 14.7 Å². The summed E-state index contributed by atoms with van der Waals surface area (Å²) in [6.45, 7) is 2.01. The van der Waals surface area contributed by atoms with Crippen LogP contribution in [0.4, 0.5) is 14.9 Å². The quantitative estimate of drug-likeness (QED) is 0.554. The number of aliphatic hydroxyl groups excluding tert-OH is 1. The van der Waals surface area contributed by atoms with Crippen molar-refractivity contribution in [1.82, 2.24) is 4.90 Å². The largest absolute Gasteiger partial charge is 0.419 e. The highest BCUT2D eigenvalue weighted by Crippen LogP contribution is 2.31. The van der Waals surface area contributed by atoms with E-state index in [2.05, 4.69) is 11.8 Å². The average molecular weight is 431 g/mol. The second-order valence-electron chi connectivity index (χ2n) is 7.12. The number of nitrogens with zero attached hydrogens (tertiary/aromatic N) is 2. The molecule has 0 atom stereocenters. The second-order valence-corrected chi connectivity index (χ2v) is 7.55. The van der Waals surface area contributed by atoms with E-state index in [9.17, 15) is 9.18 Å². The number of halogens is 2. The minimum atomic E-state index is -0.554. The molecule has 0 fully saturated rings. The van der Waals surface area contributed by atoms with Crippen molar-refractivity contribution in [2.45, 2.75) is 19.3 Å². The van der Waals surface area contributed by atoms with Crippen molar-refractivity contribution in [1.29, 1.82) is 0 Å². The Morgan fingerprint density at radius 1 is 1.30 bits per heavy atom. The summed E-state index contributed by atoms with van der Waals surface area (Å²) in [5.74, 6) is 5.83. The van der Waals surface area contributed by atoms with Crippen molar-refractivity contribution in [3.8, 4) is 17.6 Å². The van der Waals surface area contributed by atoms with Gasteiger partial charge in [0.25, 0.3) is 0 Å². The number of unbranched alkanes of at least 4 members (excludes halogenated alkanes) is 1. The van der Waals surface area contributed by atoms with Crippen LogP contribution < -0.4 is 9.64 Å². The minimum absolute atomic E-state index is 0.132. The molecule has 1 aliphatic heterocycles. The van der Waals surface area contributed by atoms with E-state index < -0.39 is 11.9 Å². The first-order valence-electron chi connectivity index (χ1n) is 9.83. The highest BCUT2D eigenvalue weighted by Gasteiger charge is 2.27. The molecule has 2 aromatic carbocycles. The minimum Gasteiger partial charge on any atom is -0.410 e. The van der Waals surface area contributed by atoms with E-state index >= 15 is 0 Å². The van der Waals surface area contributed by atoms with Crippen LogP contribution in [0.15, 0.2) is 36.4 Å². The predicted octanol–water partition coefficient (Wildman–Crippen LogP) is 4.10. The van der Waals surface area contributed by atoms with Gasteiger partial charge in [-0.2, -0.15) is 0 Å².